The van der Waals surface area contributed by atoms with Gasteiger partial charge in [-0.3, -0.25) is 9.89 Å². The lowest BCUT2D eigenvalue weighted by molar-refractivity contribution is 0.0736. The lowest BCUT2D eigenvalue weighted by atomic mass is 10.1. The highest BCUT2D eigenvalue weighted by Crippen LogP contribution is 2.25. The van der Waals surface area contributed by atoms with Crippen LogP contribution in [0.3, 0.4) is 0 Å². The molecule has 0 aliphatic rings. The fraction of sp³-hybridized carbons (Fsp3) is 0.222. The fourth-order valence-electron chi connectivity index (χ4n) is 2.41. The number of amides is 1. The summed E-state index contributed by atoms with van der Waals surface area (Å²) < 4.78 is 0. The van der Waals surface area contributed by atoms with Gasteiger partial charge in [0.25, 0.3) is 5.91 Å². The van der Waals surface area contributed by atoms with Crippen LogP contribution in [0, 0.1) is 6.92 Å². The van der Waals surface area contributed by atoms with Crippen molar-refractivity contribution in [3.63, 3.8) is 0 Å². The Kier molecular flexibility index (Phi) is 4.30. The molecule has 2 heterocycles. The highest BCUT2D eigenvalue weighted by atomic mass is 32.1. The van der Waals surface area contributed by atoms with Crippen LogP contribution in [0.2, 0.25) is 0 Å². The van der Waals surface area contributed by atoms with E-state index in [0.29, 0.717) is 5.69 Å². The van der Waals surface area contributed by atoms with Gasteiger partial charge in [-0.25, -0.2) is 0 Å². The van der Waals surface area contributed by atoms with Gasteiger partial charge >= 0.3 is 0 Å². The van der Waals surface area contributed by atoms with E-state index >= 15 is 0 Å². The Morgan fingerprint density at radius 3 is 2.65 bits per heavy atom. The van der Waals surface area contributed by atoms with E-state index in [4.69, 9.17) is 0 Å². The van der Waals surface area contributed by atoms with Gasteiger partial charge in [-0.05, 0) is 36.9 Å². The molecule has 1 N–H and O–H groups in total. The highest BCUT2D eigenvalue weighted by molar-refractivity contribution is 7.13. The number of thiophene rings is 1. The third kappa shape index (κ3) is 3.19. The number of rotatable bonds is 4. The predicted octanol–water partition coefficient (Wildman–Crippen LogP) is 4.28. The van der Waals surface area contributed by atoms with E-state index in [1.54, 1.807) is 16.2 Å². The minimum Gasteiger partial charge on any atom is -0.334 e. The molecule has 3 aromatic rings. The molecule has 0 aliphatic heterocycles. The molecule has 3 rings (SSSR count). The van der Waals surface area contributed by atoms with Crippen molar-refractivity contribution in [1.29, 1.82) is 0 Å². The third-order valence-corrected chi connectivity index (χ3v) is 4.95. The maximum Gasteiger partial charge on any atom is 0.274 e. The Hall–Kier alpha value is -2.40. The van der Waals surface area contributed by atoms with Gasteiger partial charge in [-0.2, -0.15) is 5.10 Å². The Morgan fingerprint density at radius 2 is 2.00 bits per heavy atom. The summed E-state index contributed by atoms with van der Waals surface area (Å²) in [5, 5.41) is 9.12. The summed E-state index contributed by atoms with van der Waals surface area (Å²) in [6.07, 6.45) is 0. The molecule has 0 saturated heterocycles. The second-order valence-electron chi connectivity index (χ2n) is 5.65. The van der Waals surface area contributed by atoms with E-state index in [0.717, 1.165) is 16.1 Å². The monoisotopic (exact) mass is 325 g/mol. The van der Waals surface area contributed by atoms with E-state index in [-0.39, 0.29) is 11.9 Å². The Balaban J connectivity index is 1.78. The smallest absolute Gasteiger partial charge is 0.274 e. The van der Waals surface area contributed by atoms with Crippen LogP contribution in [0.1, 0.15) is 34.6 Å². The number of benzene rings is 1. The summed E-state index contributed by atoms with van der Waals surface area (Å²) in [6, 6.07) is 14.0. The molecular weight excluding hydrogens is 306 g/mol. The van der Waals surface area contributed by atoms with Crippen LogP contribution in [0.4, 0.5) is 0 Å². The predicted molar refractivity (Wildman–Crippen MR) is 93.6 cm³/mol. The van der Waals surface area contributed by atoms with Crippen LogP contribution in [0.5, 0.6) is 0 Å². The number of H-pyrrole nitrogens is 1. The van der Waals surface area contributed by atoms with Crippen molar-refractivity contribution < 1.29 is 4.79 Å². The number of hydrogen-bond acceptors (Lipinski definition) is 3. The number of aromatic amines is 1. The zero-order valence-electron chi connectivity index (χ0n) is 13.4. The maximum atomic E-state index is 12.7. The highest BCUT2D eigenvalue weighted by Gasteiger charge is 2.21. The first-order chi connectivity index (χ1) is 11.1. The minimum absolute atomic E-state index is 0.00927. The van der Waals surface area contributed by atoms with Crippen molar-refractivity contribution in [1.82, 2.24) is 15.1 Å². The summed E-state index contributed by atoms with van der Waals surface area (Å²) in [7, 11) is 1.81. The lowest BCUT2D eigenvalue weighted by Gasteiger charge is -2.24. The molecule has 1 aromatic carbocycles. The first kappa shape index (κ1) is 15.5. The van der Waals surface area contributed by atoms with Crippen LogP contribution in [-0.2, 0) is 0 Å². The summed E-state index contributed by atoms with van der Waals surface area (Å²) in [6.45, 7) is 4.08. The number of nitrogens with one attached hydrogen (secondary N) is 1. The van der Waals surface area contributed by atoms with E-state index in [1.807, 2.05) is 37.6 Å². The number of hydrogen-bond donors (Lipinski definition) is 1. The van der Waals surface area contributed by atoms with Gasteiger partial charge in [0, 0.05) is 7.05 Å². The van der Waals surface area contributed by atoms with Crippen molar-refractivity contribution in [2.75, 3.05) is 7.05 Å². The first-order valence-electron chi connectivity index (χ1n) is 7.49. The average Bonchev–Trinajstić information content (AvgIpc) is 3.24. The number of nitrogens with zero attached hydrogens (tertiary/aromatic N) is 2. The molecule has 1 unspecified atom stereocenters. The van der Waals surface area contributed by atoms with Gasteiger partial charge in [0.15, 0.2) is 5.69 Å². The SMILES string of the molecule is Cc1ccc(C(C)N(C)C(=O)c2cc(-c3cccs3)[nH]n2)cc1. The van der Waals surface area contributed by atoms with E-state index < -0.39 is 0 Å². The van der Waals surface area contributed by atoms with Crippen molar-refractivity contribution in [3.8, 4) is 10.6 Å². The second-order valence-corrected chi connectivity index (χ2v) is 6.59. The number of carbonyl (C=O) groups is 1. The largest absolute Gasteiger partial charge is 0.334 e. The van der Waals surface area contributed by atoms with Gasteiger partial charge in [-0.1, -0.05) is 35.9 Å². The summed E-state index contributed by atoms with van der Waals surface area (Å²) >= 11 is 1.62. The van der Waals surface area contributed by atoms with Gasteiger partial charge in [0.05, 0.1) is 16.6 Å². The number of aryl methyl sites for hydroxylation is 1. The lowest BCUT2D eigenvalue weighted by Crippen LogP contribution is -2.29. The summed E-state index contributed by atoms with van der Waals surface area (Å²) in [5.74, 6) is -0.0860. The summed E-state index contributed by atoms with van der Waals surface area (Å²) in [5.41, 5.74) is 3.64. The first-order valence-corrected chi connectivity index (χ1v) is 8.37. The minimum atomic E-state index is -0.0860. The number of aromatic nitrogens is 2. The molecule has 5 heteroatoms. The molecule has 2 aromatic heterocycles. The molecule has 0 spiro atoms. The Bertz CT molecular complexity index is 790. The fourth-order valence-corrected chi connectivity index (χ4v) is 3.11. The molecule has 0 fully saturated rings. The average molecular weight is 325 g/mol. The molecule has 0 bridgehead atoms. The van der Waals surface area contributed by atoms with Crippen LogP contribution in [0.25, 0.3) is 10.6 Å². The van der Waals surface area contributed by atoms with Gasteiger partial charge in [0.2, 0.25) is 0 Å². The van der Waals surface area contributed by atoms with Gasteiger partial charge < -0.3 is 4.90 Å². The van der Waals surface area contributed by atoms with Crippen LogP contribution in [0.15, 0.2) is 47.8 Å². The van der Waals surface area contributed by atoms with Crippen LogP contribution < -0.4 is 0 Å². The second kappa shape index (κ2) is 6.38. The van der Waals surface area contributed by atoms with Crippen LogP contribution >= 0.6 is 11.3 Å². The zero-order valence-corrected chi connectivity index (χ0v) is 14.2. The van der Waals surface area contributed by atoms with Crippen molar-refractivity contribution in [3.05, 3.63) is 64.7 Å². The maximum absolute atomic E-state index is 12.7. The zero-order chi connectivity index (χ0) is 16.4. The van der Waals surface area contributed by atoms with Crippen molar-refractivity contribution >= 4 is 17.2 Å². The van der Waals surface area contributed by atoms with Crippen LogP contribution in [-0.4, -0.2) is 28.1 Å². The molecule has 0 saturated carbocycles. The Morgan fingerprint density at radius 1 is 1.26 bits per heavy atom. The normalized spacial score (nSPS) is 12.1. The van der Waals surface area contributed by atoms with Crippen molar-refractivity contribution in [2.45, 2.75) is 19.9 Å². The quantitative estimate of drug-likeness (QED) is 0.778. The van der Waals surface area contributed by atoms with Gasteiger partial charge in [0.1, 0.15) is 0 Å². The molecule has 1 atom stereocenters. The van der Waals surface area contributed by atoms with E-state index in [1.165, 1.54) is 5.56 Å². The van der Waals surface area contributed by atoms with E-state index in [2.05, 4.69) is 41.4 Å². The molecule has 0 aliphatic carbocycles. The Labute approximate surface area is 139 Å². The standard InChI is InChI=1S/C18H19N3OS/c1-12-6-8-14(9-7-12)13(2)21(3)18(22)16-11-15(19-20-16)17-5-4-10-23-17/h4-11,13H,1-3H3,(H,19,20). The van der Waals surface area contributed by atoms with Crippen molar-refractivity contribution in [2.24, 2.45) is 0 Å². The number of carbonyl (C=O) groups excluding carboxylic acids is 1. The topological polar surface area (TPSA) is 49.0 Å². The molecule has 118 valence electrons. The third-order valence-electron chi connectivity index (χ3n) is 4.04. The molecule has 1 amide bonds. The molecule has 0 radical (unpaired) electrons. The summed E-state index contributed by atoms with van der Waals surface area (Å²) in [4.78, 5) is 15.5. The molecule has 23 heavy (non-hydrogen) atoms. The molecule has 4 nitrogen and oxygen atoms in total. The molecular formula is C18H19N3OS. The van der Waals surface area contributed by atoms with E-state index in [9.17, 15) is 4.79 Å². The van der Waals surface area contributed by atoms with Gasteiger partial charge in [-0.15, -0.1) is 11.3 Å².